The molecule has 1 unspecified atom stereocenters. The Morgan fingerprint density at radius 3 is 3.00 bits per heavy atom. The summed E-state index contributed by atoms with van der Waals surface area (Å²) >= 11 is 0. The first-order chi connectivity index (χ1) is 6.74. The van der Waals surface area contributed by atoms with Crippen molar-refractivity contribution in [3.05, 3.63) is 23.3 Å². The zero-order valence-corrected chi connectivity index (χ0v) is 8.71. The molecule has 0 radical (unpaired) electrons. The lowest BCUT2D eigenvalue weighted by Crippen LogP contribution is -2.15. The van der Waals surface area contributed by atoms with Crippen LogP contribution in [0.1, 0.15) is 36.8 Å². The SMILES string of the molecule is CCC1CCOc2c(O)ccc(C)c21. The van der Waals surface area contributed by atoms with Gasteiger partial charge in [-0.3, -0.25) is 0 Å². The first-order valence-electron chi connectivity index (χ1n) is 5.19. The lowest BCUT2D eigenvalue weighted by Gasteiger charge is -2.27. The first kappa shape index (κ1) is 9.38. The van der Waals surface area contributed by atoms with Gasteiger partial charge in [-0.25, -0.2) is 0 Å². The third-order valence-corrected chi connectivity index (χ3v) is 3.01. The molecule has 2 nitrogen and oxygen atoms in total. The topological polar surface area (TPSA) is 29.5 Å². The Balaban J connectivity index is 2.55. The maximum Gasteiger partial charge on any atom is 0.164 e. The number of hydrogen-bond acceptors (Lipinski definition) is 2. The van der Waals surface area contributed by atoms with Gasteiger partial charge in [-0.1, -0.05) is 13.0 Å². The highest BCUT2D eigenvalue weighted by Gasteiger charge is 2.24. The molecule has 0 aromatic heterocycles. The van der Waals surface area contributed by atoms with Crippen LogP contribution in [-0.4, -0.2) is 11.7 Å². The van der Waals surface area contributed by atoms with Crippen LogP contribution in [0, 0.1) is 6.92 Å². The maximum absolute atomic E-state index is 9.67. The number of aromatic hydroxyl groups is 1. The van der Waals surface area contributed by atoms with Crippen LogP contribution in [-0.2, 0) is 0 Å². The molecule has 0 fully saturated rings. The summed E-state index contributed by atoms with van der Waals surface area (Å²) < 4.78 is 5.52. The van der Waals surface area contributed by atoms with E-state index in [-0.39, 0.29) is 5.75 Å². The number of aryl methyl sites for hydroxylation is 1. The molecule has 2 rings (SSSR count). The lowest BCUT2D eigenvalue weighted by atomic mass is 9.87. The van der Waals surface area contributed by atoms with Crippen LogP contribution in [0.15, 0.2) is 12.1 Å². The largest absolute Gasteiger partial charge is 0.504 e. The monoisotopic (exact) mass is 192 g/mol. The van der Waals surface area contributed by atoms with E-state index >= 15 is 0 Å². The zero-order valence-electron chi connectivity index (χ0n) is 8.71. The second-order valence-electron chi connectivity index (χ2n) is 3.89. The maximum atomic E-state index is 9.67. The van der Waals surface area contributed by atoms with E-state index in [0.717, 1.165) is 19.4 Å². The Morgan fingerprint density at radius 2 is 2.29 bits per heavy atom. The number of benzene rings is 1. The van der Waals surface area contributed by atoms with Crippen molar-refractivity contribution in [2.24, 2.45) is 0 Å². The van der Waals surface area contributed by atoms with Gasteiger partial charge in [-0.2, -0.15) is 0 Å². The highest BCUT2D eigenvalue weighted by molar-refractivity contribution is 5.52. The highest BCUT2D eigenvalue weighted by Crippen LogP contribution is 2.42. The van der Waals surface area contributed by atoms with Crippen LogP contribution in [0.4, 0.5) is 0 Å². The number of fused-ring (bicyclic) bond motifs is 1. The second kappa shape index (κ2) is 3.52. The minimum atomic E-state index is 0.281. The van der Waals surface area contributed by atoms with Gasteiger partial charge in [-0.15, -0.1) is 0 Å². The second-order valence-corrected chi connectivity index (χ2v) is 3.89. The Labute approximate surface area is 84.5 Å². The van der Waals surface area contributed by atoms with Gasteiger partial charge in [-0.05, 0) is 37.3 Å². The van der Waals surface area contributed by atoms with E-state index in [1.807, 2.05) is 6.07 Å². The average Bonchev–Trinajstić information content (AvgIpc) is 2.23. The third kappa shape index (κ3) is 1.35. The fourth-order valence-electron chi connectivity index (χ4n) is 2.20. The van der Waals surface area contributed by atoms with Crippen molar-refractivity contribution >= 4 is 0 Å². The molecule has 1 aliphatic heterocycles. The molecule has 1 heterocycles. The Hall–Kier alpha value is -1.18. The molecule has 0 saturated carbocycles. The molecule has 0 saturated heterocycles. The van der Waals surface area contributed by atoms with Gasteiger partial charge in [0.1, 0.15) is 0 Å². The van der Waals surface area contributed by atoms with Crippen molar-refractivity contribution in [3.8, 4) is 11.5 Å². The minimum Gasteiger partial charge on any atom is -0.504 e. The van der Waals surface area contributed by atoms with E-state index in [1.54, 1.807) is 6.07 Å². The van der Waals surface area contributed by atoms with Crippen molar-refractivity contribution in [1.82, 2.24) is 0 Å². The molecule has 2 heteroatoms. The van der Waals surface area contributed by atoms with E-state index < -0.39 is 0 Å². The summed E-state index contributed by atoms with van der Waals surface area (Å²) in [5.74, 6) is 1.54. The lowest BCUT2D eigenvalue weighted by molar-refractivity contribution is 0.251. The number of rotatable bonds is 1. The van der Waals surface area contributed by atoms with Gasteiger partial charge in [0, 0.05) is 5.56 Å². The van der Waals surface area contributed by atoms with Crippen molar-refractivity contribution in [1.29, 1.82) is 0 Å². The van der Waals surface area contributed by atoms with Gasteiger partial charge in [0.2, 0.25) is 0 Å². The van der Waals surface area contributed by atoms with E-state index in [9.17, 15) is 5.11 Å². The quantitative estimate of drug-likeness (QED) is 0.741. The molecular formula is C12H16O2. The summed E-state index contributed by atoms with van der Waals surface area (Å²) in [5.41, 5.74) is 2.43. The number of phenolic OH excluding ortho intramolecular Hbond substituents is 1. The third-order valence-electron chi connectivity index (χ3n) is 3.01. The predicted molar refractivity (Wildman–Crippen MR) is 56.0 cm³/mol. The fraction of sp³-hybridized carbons (Fsp3) is 0.500. The molecular weight excluding hydrogens is 176 g/mol. The average molecular weight is 192 g/mol. The van der Waals surface area contributed by atoms with Gasteiger partial charge in [0.05, 0.1) is 6.61 Å². The van der Waals surface area contributed by atoms with Crippen LogP contribution < -0.4 is 4.74 Å². The molecule has 1 aromatic carbocycles. The van der Waals surface area contributed by atoms with Crippen LogP contribution >= 0.6 is 0 Å². The van der Waals surface area contributed by atoms with Crippen LogP contribution in [0.2, 0.25) is 0 Å². The Morgan fingerprint density at radius 1 is 1.50 bits per heavy atom. The molecule has 0 bridgehead atoms. The Bertz CT molecular complexity index is 344. The zero-order chi connectivity index (χ0) is 10.1. The standard InChI is InChI=1S/C12H16O2/c1-3-9-6-7-14-12-10(13)5-4-8(2)11(9)12/h4-5,9,13H,3,6-7H2,1-2H3. The highest BCUT2D eigenvalue weighted by atomic mass is 16.5. The van der Waals surface area contributed by atoms with Gasteiger partial charge in [0.25, 0.3) is 0 Å². The van der Waals surface area contributed by atoms with E-state index in [0.29, 0.717) is 11.7 Å². The van der Waals surface area contributed by atoms with Crippen LogP contribution in [0.5, 0.6) is 11.5 Å². The first-order valence-corrected chi connectivity index (χ1v) is 5.19. The number of ether oxygens (including phenoxy) is 1. The minimum absolute atomic E-state index is 0.281. The smallest absolute Gasteiger partial charge is 0.164 e. The molecule has 14 heavy (non-hydrogen) atoms. The van der Waals surface area contributed by atoms with Crippen molar-refractivity contribution in [2.45, 2.75) is 32.6 Å². The van der Waals surface area contributed by atoms with Crippen molar-refractivity contribution < 1.29 is 9.84 Å². The van der Waals surface area contributed by atoms with Gasteiger partial charge >= 0.3 is 0 Å². The molecule has 0 amide bonds. The summed E-state index contributed by atoms with van der Waals surface area (Å²) in [6, 6.07) is 3.68. The fourth-order valence-corrected chi connectivity index (χ4v) is 2.20. The molecule has 1 aromatic rings. The summed E-state index contributed by atoms with van der Waals surface area (Å²) in [6.07, 6.45) is 2.18. The molecule has 0 spiro atoms. The summed E-state index contributed by atoms with van der Waals surface area (Å²) in [4.78, 5) is 0. The van der Waals surface area contributed by atoms with Crippen LogP contribution in [0.25, 0.3) is 0 Å². The van der Waals surface area contributed by atoms with Crippen molar-refractivity contribution in [3.63, 3.8) is 0 Å². The van der Waals surface area contributed by atoms with Crippen molar-refractivity contribution in [2.75, 3.05) is 6.61 Å². The number of phenols is 1. The molecule has 1 N–H and O–H groups in total. The molecule has 1 atom stereocenters. The Kier molecular flexibility index (Phi) is 2.36. The molecule has 0 aliphatic carbocycles. The van der Waals surface area contributed by atoms with Gasteiger partial charge in [0.15, 0.2) is 11.5 Å². The number of hydrogen-bond donors (Lipinski definition) is 1. The van der Waals surface area contributed by atoms with Crippen LogP contribution in [0.3, 0.4) is 0 Å². The summed E-state index contributed by atoms with van der Waals surface area (Å²) in [7, 11) is 0. The van der Waals surface area contributed by atoms with E-state index in [4.69, 9.17) is 4.74 Å². The van der Waals surface area contributed by atoms with E-state index in [2.05, 4.69) is 13.8 Å². The summed E-state index contributed by atoms with van der Waals surface area (Å²) in [6.45, 7) is 4.99. The normalized spacial score (nSPS) is 20.0. The van der Waals surface area contributed by atoms with Gasteiger partial charge < -0.3 is 9.84 Å². The summed E-state index contributed by atoms with van der Waals surface area (Å²) in [5, 5.41) is 9.67. The predicted octanol–water partition coefficient (Wildman–Crippen LogP) is 2.98. The van der Waals surface area contributed by atoms with E-state index in [1.165, 1.54) is 11.1 Å². The molecule has 1 aliphatic rings. The molecule has 76 valence electrons.